The predicted octanol–water partition coefficient (Wildman–Crippen LogP) is 0.858. The minimum absolute atomic E-state index is 0.0666. The van der Waals surface area contributed by atoms with Gasteiger partial charge < -0.3 is 10.2 Å². The van der Waals surface area contributed by atoms with Crippen molar-refractivity contribution in [3.05, 3.63) is 35.9 Å². The number of benzene rings is 1. The summed E-state index contributed by atoms with van der Waals surface area (Å²) in [5.74, 6) is -0.00525. The summed E-state index contributed by atoms with van der Waals surface area (Å²) in [5.41, 5.74) is 12.0. The van der Waals surface area contributed by atoms with Gasteiger partial charge in [-0.25, -0.2) is 13.1 Å². The van der Waals surface area contributed by atoms with Crippen molar-refractivity contribution < 1.29 is 22.6 Å². The maximum absolute atomic E-state index is 13.9. The molecule has 0 bridgehead atoms. The number of sulfonamides is 1. The lowest BCUT2D eigenvalue weighted by Gasteiger charge is -2.34. The molecule has 1 saturated carbocycles. The van der Waals surface area contributed by atoms with Gasteiger partial charge in [-0.3, -0.25) is 25.6 Å². The van der Waals surface area contributed by atoms with Crippen LogP contribution in [-0.2, 0) is 25.4 Å². The summed E-state index contributed by atoms with van der Waals surface area (Å²) < 4.78 is 31.0. The van der Waals surface area contributed by atoms with Crippen LogP contribution in [0.4, 0.5) is 0 Å². The largest absolute Gasteiger partial charge is 0.354 e. The zero-order valence-electron chi connectivity index (χ0n) is 22.2. The Morgan fingerprint density at radius 2 is 1.66 bits per heavy atom. The van der Waals surface area contributed by atoms with Crippen LogP contribution in [0.3, 0.4) is 0 Å². The number of rotatable bonds is 9. The summed E-state index contributed by atoms with van der Waals surface area (Å²) in [7, 11) is -3.75. The van der Waals surface area contributed by atoms with E-state index in [4.69, 9.17) is 11.5 Å². The lowest BCUT2D eigenvalue weighted by atomic mass is 9.83. The first-order chi connectivity index (χ1) is 18.2. The third-order valence-corrected chi connectivity index (χ3v) is 9.60. The number of nitrogens with zero attached hydrogens (tertiary/aromatic N) is 2. The van der Waals surface area contributed by atoms with E-state index in [1.165, 1.54) is 0 Å². The molecule has 1 aromatic carbocycles. The molecule has 0 unspecified atom stereocenters. The Balaban J connectivity index is 1.41. The van der Waals surface area contributed by atoms with Crippen molar-refractivity contribution in [2.45, 2.75) is 75.6 Å². The predicted molar refractivity (Wildman–Crippen MR) is 146 cm³/mol. The second-order valence-electron chi connectivity index (χ2n) is 11.0. The van der Waals surface area contributed by atoms with Gasteiger partial charge in [-0.1, -0.05) is 49.6 Å². The Morgan fingerprint density at radius 1 is 0.974 bits per heavy atom. The minimum atomic E-state index is -3.75. The van der Waals surface area contributed by atoms with Crippen LogP contribution in [0.5, 0.6) is 0 Å². The molecule has 38 heavy (non-hydrogen) atoms. The highest BCUT2D eigenvalue weighted by Gasteiger charge is 2.41. The van der Waals surface area contributed by atoms with Crippen molar-refractivity contribution in [3.8, 4) is 0 Å². The van der Waals surface area contributed by atoms with Crippen LogP contribution in [0.2, 0.25) is 0 Å². The van der Waals surface area contributed by atoms with Gasteiger partial charge in [0.25, 0.3) is 0 Å². The monoisotopic (exact) mass is 547 g/mol. The van der Waals surface area contributed by atoms with Crippen molar-refractivity contribution in [1.29, 1.82) is 0 Å². The molecule has 2 saturated heterocycles. The van der Waals surface area contributed by atoms with Gasteiger partial charge in [0.2, 0.25) is 21.8 Å². The van der Waals surface area contributed by atoms with Crippen LogP contribution in [0.25, 0.3) is 0 Å². The molecule has 0 radical (unpaired) electrons. The number of carbonyl (C=O) groups is 2. The van der Waals surface area contributed by atoms with Crippen molar-refractivity contribution in [1.82, 2.24) is 14.9 Å². The van der Waals surface area contributed by atoms with Crippen LogP contribution in [-0.4, -0.2) is 73.9 Å². The van der Waals surface area contributed by atoms with E-state index in [0.717, 1.165) is 64.5 Å². The number of hydrogen-bond acceptors (Lipinski definition) is 4. The van der Waals surface area contributed by atoms with Crippen molar-refractivity contribution in [3.63, 3.8) is 0 Å². The van der Waals surface area contributed by atoms with E-state index in [2.05, 4.69) is 10.0 Å². The van der Waals surface area contributed by atoms with E-state index >= 15 is 0 Å². The number of amides is 2. The van der Waals surface area contributed by atoms with Crippen molar-refractivity contribution >= 4 is 27.8 Å². The molecule has 6 N–H and O–H groups in total. The van der Waals surface area contributed by atoms with Crippen LogP contribution >= 0.6 is 0 Å². The highest BCUT2D eigenvalue weighted by Crippen LogP contribution is 2.30. The lowest BCUT2D eigenvalue weighted by Crippen LogP contribution is -2.56. The Morgan fingerprint density at radius 3 is 2.32 bits per heavy atom. The standard InChI is InChI=1S/C27H42N6O4S/c28-27(29)32-16-13-20(14-17-32)18-30-25(34)23-12-7-15-33(23)26(35)24(22-10-5-2-6-11-22)31-38(36,37)19-21-8-3-1-4-9-21/h1,3-4,8-9,20,22-24,31H,2,5-7,10-19H2,(H4,28,29,30,34)/p+1/t23-,24+/m0/s1. The fraction of sp³-hybridized carbons (Fsp3) is 0.667. The second kappa shape index (κ2) is 12.9. The molecule has 2 aliphatic heterocycles. The first-order valence-electron chi connectivity index (χ1n) is 14.0. The van der Waals surface area contributed by atoms with Gasteiger partial charge >= 0.3 is 5.96 Å². The fourth-order valence-electron chi connectivity index (χ4n) is 6.08. The minimum Gasteiger partial charge on any atom is -0.354 e. The lowest BCUT2D eigenvalue weighted by molar-refractivity contribution is -0.542. The van der Waals surface area contributed by atoms with E-state index in [-0.39, 0.29) is 23.5 Å². The maximum atomic E-state index is 13.9. The first-order valence-corrected chi connectivity index (χ1v) is 15.6. The highest BCUT2D eigenvalue weighted by molar-refractivity contribution is 7.88. The Labute approximate surface area is 226 Å². The molecule has 3 fully saturated rings. The smallest absolute Gasteiger partial charge is 0.341 e. The molecule has 2 heterocycles. The highest BCUT2D eigenvalue weighted by atomic mass is 32.2. The van der Waals surface area contributed by atoms with Crippen molar-refractivity contribution in [2.75, 3.05) is 26.2 Å². The molecule has 0 aromatic heterocycles. The average molecular weight is 548 g/mol. The molecule has 210 valence electrons. The summed E-state index contributed by atoms with van der Waals surface area (Å²) in [6, 6.07) is 7.57. The first kappa shape index (κ1) is 28.4. The van der Waals surface area contributed by atoms with E-state index < -0.39 is 22.1 Å². The zero-order valence-corrected chi connectivity index (χ0v) is 23.0. The SMILES string of the molecule is NC(N)=[N+]1CCC(CNC(=O)[C@@H]2CCCN2C(=O)[C@H](NS(=O)(=O)Cc2ccccc2)C2CCCCC2)CC1. The number of nitrogens with one attached hydrogen (secondary N) is 2. The van der Waals surface area contributed by atoms with Gasteiger partial charge in [0, 0.05) is 13.1 Å². The van der Waals surface area contributed by atoms with Crippen molar-refractivity contribution in [2.24, 2.45) is 23.3 Å². The molecule has 1 aromatic rings. The zero-order chi connectivity index (χ0) is 27.1. The molecule has 0 spiro atoms. The van der Waals surface area contributed by atoms with Crippen LogP contribution in [0.1, 0.15) is 63.4 Å². The Kier molecular flexibility index (Phi) is 9.64. The number of likely N-dealkylation sites (tertiary alicyclic amines) is 1. The molecular formula is C27H43N6O4S+. The van der Waals surface area contributed by atoms with Crippen LogP contribution in [0.15, 0.2) is 30.3 Å². The molecular weight excluding hydrogens is 504 g/mol. The molecule has 1 aliphatic carbocycles. The molecule has 2 amide bonds. The molecule has 3 aliphatic rings. The summed E-state index contributed by atoms with van der Waals surface area (Å²) >= 11 is 0. The third kappa shape index (κ3) is 7.47. The van der Waals surface area contributed by atoms with Gasteiger partial charge in [-0.05, 0) is 55.9 Å². The average Bonchev–Trinajstić information content (AvgIpc) is 3.41. The third-order valence-electron chi connectivity index (χ3n) is 8.28. The fourth-order valence-corrected chi connectivity index (χ4v) is 7.48. The summed E-state index contributed by atoms with van der Waals surface area (Å²) in [4.78, 5) is 28.7. The van der Waals surface area contributed by atoms with Gasteiger partial charge in [0.05, 0.1) is 18.8 Å². The topological polar surface area (TPSA) is 151 Å². The maximum Gasteiger partial charge on any atom is 0.341 e. The quantitative estimate of drug-likeness (QED) is 0.266. The van der Waals surface area contributed by atoms with Crippen LogP contribution in [0, 0.1) is 11.8 Å². The molecule has 11 heteroatoms. The molecule has 4 rings (SSSR count). The number of carbonyl (C=O) groups excluding carboxylic acids is 2. The molecule has 10 nitrogen and oxygen atoms in total. The van der Waals surface area contributed by atoms with Gasteiger partial charge in [-0.2, -0.15) is 0 Å². The Hall–Kier alpha value is -2.66. The number of guanidine groups is 1. The van der Waals surface area contributed by atoms with Crippen LogP contribution < -0.4 is 21.5 Å². The van der Waals surface area contributed by atoms with E-state index in [1.807, 2.05) is 10.6 Å². The summed E-state index contributed by atoms with van der Waals surface area (Å²) in [6.07, 6.45) is 7.74. The number of hydrogen-bond donors (Lipinski definition) is 4. The van der Waals surface area contributed by atoms with E-state index in [9.17, 15) is 18.0 Å². The van der Waals surface area contributed by atoms with Gasteiger partial charge in [0.15, 0.2) is 0 Å². The normalized spacial score (nSPS) is 23.7. The second-order valence-corrected chi connectivity index (χ2v) is 12.8. The summed E-state index contributed by atoms with van der Waals surface area (Å²) in [6.45, 7) is 2.54. The number of piperidine rings is 1. The van der Waals surface area contributed by atoms with E-state index in [1.54, 1.807) is 29.2 Å². The summed E-state index contributed by atoms with van der Waals surface area (Å²) in [5, 5.41) is 3.06. The molecule has 2 atom stereocenters. The Bertz CT molecular complexity index is 1090. The van der Waals surface area contributed by atoms with Gasteiger partial charge in [-0.15, -0.1) is 0 Å². The van der Waals surface area contributed by atoms with Gasteiger partial charge in [0.1, 0.15) is 12.1 Å². The van der Waals surface area contributed by atoms with E-state index in [0.29, 0.717) is 37.0 Å². The number of nitrogens with two attached hydrogens (primary N) is 2.